The van der Waals surface area contributed by atoms with Gasteiger partial charge in [-0.05, 0) is 37.7 Å². The van der Waals surface area contributed by atoms with Crippen LogP contribution in [-0.4, -0.2) is 30.1 Å². The van der Waals surface area contributed by atoms with Crippen molar-refractivity contribution in [1.29, 1.82) is 0 Å². The average Bonchev–Trinajstić information content (AvgIpc) is 2.85. The van der Waals surface area contributed by atoms with Crippen molar-refractivity contribution in [2.75, 3.05) is 13.1 Å². The number of hydrogen-bond donors (Lipinski definition) is 1. The summed E-state index contributed by atoms with van der Waals surface area (Å²) < 4.78 is 0. The van der Waals surface area contributed by atoms with Crippen LogP contribution in [0, 0.1) is 5.92 Å². The lowest BCUT2D eigenvalue weighted by Gasteiger charge is -2.21. The summed E-state index contributed by atoms with van der Waals surface area (Å²) in [6, 6.07) is 12.1. The number of nitrogens with one attached hydrogen (secondary N) is 1. The Kier molecular flexibility index (Phi) is 6.06. The van der Waals surface area contributed by atoms with E-state index in [1.165, 1.54) is 37.9 Å². The largest absolute Gasteiger partial charge is 0.310 e. The topological polar surface area (TPSA) is 15.3 Å². The SMILES string of the molecule is CC(C)CCC(C)NC1CCN(Cc2ccccc2)C1. The molecule has 1 N–H and O–H groups in total. The first kappa shape index (κ1) is 15.5. The second kappa shape index (κ2) is 7.80. The van der Waals surface area contributed by atoms with Crippen LogP contribution in [0.4, 0.5) is 0 Å². The first-order chi connectivity index (χ1) is 9.63. The number of hydrogen-bond acceptors (Lipinski definition) is 2. The van der Waals surface area contributed by atoms with E-state index in [1.807, 2.05) is 0 Å². The minimum Gasteiger partial charge on any atom is -0.310 e. The molecule has 0 amide bonds. The molecular weight excluding hydrogens is 244 g/mol. The van der Waals surface area contributed by atoms with Crippen LogP contribution in [0.25, 0.3) is 0 Å². The van der Waals surface area contributed by atoms with Gasteiger partial charge >= 0.3 is 0 Å². The maximum absolute atomic E-state index is 3.81. The highest BCUT2D eigenvalue weighted by atomic mass is 15.2. The maximum atomic E-state index is 3.81. The van der Waals surface area contributed by atoms with E-state index in [0.717, 1.165) is 12.5 Å². The molecule has 2 heteroatoms. The highest BCUT2D eigenvalue weighted by Gasteiger charge is 2.23. The fourth-order valence-electron chi connectivity index (χ4n) is 3.02. The average molecular weight is 274 g/mol. The summed E-state index contributed by atoms with van der Waals surface area (Å²) in [7, 11) is 0. The summed E-state index contributed by atoms with van der Waals surface area (Å²) >= 11 is 0. The van der Waals surface area contributed by atoms with E-state index in [4.69, 9.17) is 0 Å². The van der Waals surface area contributed by atoms with E-state index in [9.17, 15) is 0 Å². The number of likely N-dealkylation sites (tertiary alicyclic amines) is 1. The molecule has 0 saturated carbocycles. The van der Waals surface area contributed by atoms with E-state index in [1.54, 1.807) is 0 Å². The van der Waals surface area contributed by atoms with Crippen molar-refractivity contribution in [2.24, 2.45) is 5.92 Å². The summed E-state index contributed by atoms with van der Waals surface area (Å²) in [5.74, 6) is 0.817. The zero-order valence-electron chi connectivity index (χ0n) is 13.3. The standard InChI is InChI=1S/C18H30N2/c1-15(2)9-10-16(3)19-18-11-12-20(14-18)13-17-7-5-4-6-8-17/h4-8,15-16,18-19H,9-14H2,1-3H3. The van der Waals surface area contributed by atoms with Crippen LogP contribution in [0.2, 0.25) is 0 Å². The van der Waals surface area contributed by atoms with Crippen molar-refractivity contribution in [3.8, 4) is 0 Å². The monoisotopic (exact) mass is 274 g/mol. The van der Waals surface area contributed by atoms with Crippen molar-refractivity contribution in [3.63, 3.8) is 0 Å². The van der Waals surface area contributed by atoms with E-state index in [0.29, 0.717) is 12.1 Å². The van der Waals surface area contributed by atoms with Gasteiger partial charge in [-0.2, -0.15) is 0 Å². The zero-order chi connectivity index (χ0) is 14.4. The van der Waals surface area contributed by atoms with Gasteiger partial charge in [-0.15, -0.1) is 0 Å². The zero-order valence-corrected chi connectivity index (χ0v) is 13.3. The minimum absolute atomic E-state index is 0.652. The van der Waals surface area contributed by atoms with Crippen molar-refractivity contribution in [1.82, 2.24) is 10.2 Å². The Morgan fingerprint density at radius 3 is 2.60 bits per heavy atom. The predicted octanol–water partition coefficient (Wildman–Crippen LogP) is 3.68. The molecule has 112 valence electrons. The first-order valence-corrected chi connectivity index (χ1v) is 8.16. The van der Waals surface area contributed by atoms with E-state index >= 15 is 0 Å². The summed E-state index contributed by atoms with van der Waals surface area (Å²) in [5, 5.41) is 3.81. The molecule has 1 heterocycles. The van der Waals surface area contributed by atoms with Crippen molar-refractivity contribution in [3.05, 3.63) is 35.9 Å². The van der Waals surface area contributed by atoms with Gasteiger partial charge in [-0.25, -0.2) is 0 Å². The minimum atomic E-state index is 0.652. The molecule has 2 unspecified atom stereocenters. The predicted molar refractivity (Wildman–Crippen MR) is 86.8 cm³/mol. The van der Waals surface area contributed by atoms with Crippen LogP contribution in [0.1, 0.15) is 45.6 Å². The molecule has 2 atom stereocenters. The Bertz CT molecular complexity index is 374. The lowest BCUT2D eigenvalue weighted by Crippen LogP contribution is -2.38. The molecule has 1 aliphatic rings. The molecule has 1 saturated heterocycles. The lowest BCUT2D eigenvalue weighted by molar-refractivity contribution is 0.312. The molecule has 2 rings (SSSR count). The molecule has 1 fully saturated rings. The third kappa shape index (κ3) is 5.26. The Morgan fingerprint density at radius 1 is 1.15 bits per heavy atom. The molecule has 1 aromatic carbocycles. The molecular formula is C18H30N2. The Labute approximate surface area is 124 Å². The van der Waals surface area contributed by atoms with Gasteiger partial charge in [0, 0.05) is 31.7 Å². The number of nitrogens with zero attached hydrogens (tertiary/aromatic N) is 1. The normalized spacial score (nSPS) is 21.5. The molecule has 1 aromatic rings. The molecule has 1 aliphatic heterocycles. The number of benzene rings is 1. The van der Waals surface area contributed by atoms with Gasteiger partial charge in [-0.1, -0.05) is 44.2 Å². The van der Waals surface area contributed by atoms with Gasteiger partial charge in [-0.3, -0.25) is 4.90 Å². The molecule has 20 heavy (non-hydrogen) atoms. The second-order valence-electron chi connectivity index (χ2n) is 6.75. The van der Waals surface area contributed by atoms with Crippen LogP contribution >= 0.6 is 0 Å². The van der Waals surface area contributed by atoms with Gasteiger partial charge in [0.05, 0.1) is 0 Å². The highest BCUT2D eigenvalue weighted by Crippen LogP contribution is 2.15. The summed E-state index contributed by atoms with van der Waals surface area (Å²) in [4.78, 5) is 2.57. The second-order valence-corrected chi connectivity index (χ2v) is 6.75. The summed E-state index contributed by atoms with van der Waals surface area (Å²) in [6.45, 7) is 10.5. The first-order valence-electron chi connectivity index (χ1n) is 8.16. The molecule has 2 nitrogen and oxygen atoms in total. The molecule has 0 radical (unpaired) electrons. The lowest BCUT2D eigenvalue weighted by atomic mass is 10.0. The van der Waals surface area contributed by atoms with Crippen LogP contribution in [0.15, 0.2) is 30.3 Å². The smallest absolute Gasteiger partial charge is 0.0234 e. The Hall–Kier alpha value is -0.860. The van der Waals surface area contributed by atoms with Crippen LogP contribution in [0.3, 0.4) is 0 Å². The Morgan fingerprint density at radius 2 is 1.90 bits per heavy atom. The fourth-order valence-corrected chi connectivity index (χ4v) is 3.02. The highest BCUT2D eigenvalue weighted by molar-refractivity contribution is 5.14. The van der Waals surface area contributed by atoms with E-state index in [-0.39, 0.29) is 0 Å². The fraction of sp³-hybridized carbons (Fsp3) is 0.667. The third-order valence-electron chi connectivity index (χ3n) is 4.22. The van der Waals surface area contributed by atoms with Gasteiger partial charge in [0.15, 0.2) is 0 Å². The van der Waals surface area contributed by atoms with E-state index in [2.05, 4.69) is 61.3 Å². The summed E-state index contributed by atoms with van der Waals surface area (Å²) in [6.07, 6.45) is 3.92. The van der Waals surface area contributed by atoms with Gasteiger partial charge in [0.25, 0.3) is 0 Å². The van der Waals surface area contributed by atoms with Crippen molar-refractivity contribution in [2.45, 2.75) is 58.7 Å². The molecule has 0 spiro atoms. The van der Waals surface area contributed by atoms with Crippen LogP contribution in [-0.2, 0) is 6.54 Å². The quantitative estimate of drug-likeness (QED) is 0.816. The van der Waals surface area contributed by atoms with Crippen LogP contribution in [0.5, 0.6) is 0 Å². The van der Waals surface area contributed by atoms with Gasteiger partial charge in [0.1, 0.15) is 0 Å². The summed E-state index contributed by atoms with van der Waals surface area (Å²) in [5.41, 5.74) is 1.43. The molecule has 0 bridgehead atoms. The van der Waals surface area contributed by atoms with Crippen molar-refractivity contribution < 1.29 is 0 Å². The van der Waals surface area contributed by atoms with Gasteiger partial charge < -0.3 is 5.32 Å². The molecule has 0 aliphatic carbocycles. The number of rotatable bonds is 7. The maximum Gasteiger partial charge on any atom is 0.0234 e. The van der Waals surface area contributed by atoms with E-state index < -0.39 is 0 Å². The van der Waals surface area contributed by atoms with Crippen molar-refractivity contribution >= 4 is 0 Å². The Balaban J connectivity index is 1.70. The van der Waals surface area contributed by atoms with Gasteiger partial charge in [0.2, 0.25) is 0 Å². The molecule has 0 aromatic heterocycles. The third-order valence-corrected chi connectivity index (χ3v) is 4.22. The van der Waals surface area contributed by atoms with Crippen LogP contribution < -0.4 is 5.32 Å².